The van der Waals surface area contributed by atoms with Gasteiger partial charge < -0.3 is 15.0 Å². The number of aliphatic imine (C=N–C) groups is 1. The van der Waals surface area contributed by atoms with Crippen molar-refractivity contribution in [2.45, 2.75) is 40.0 Å². The number of piperidine rings is 1. The first-order chi connectivity index (χ1) is 12.1. The van der Waals surface area contributed by atoms with Crippen LogP contribution in [0.3, 0.4) is 0 Å². The number of nitrogens with zero attached hydrogens (tertiary/aromatic N) is 2. The first kappa shape index (κ1) is 19.3. The van der Waals surface area contributed by atoms with Crippen molar-refractivity contribution in [2.24, 2.45) is 10.9 Å². The Labute approximate surface area is 151 Å². The van der Waals surface area contributed by atoms with E-state index in [0.717, 1.165) is 51.4 Å². The zero-order valence-corrected chi connectivity index (χ0v) is 15.8. The molecule has 5 heteroatoms. The predicted molar refractivity (Wildman–Crippen MR) is 102 cm³/mol. The van der Waals surface area contributed by atoms with Gasteiger partial charge in [-0.1, -0.05) is 29.8 Å². The maximum atomic E-state index is 11.9. The number of benzene rings is 1. The topological polar surface area (TPSA) is 53.9 Å². The van der Waals surface area contributed by atoms with E-state index < -0.39 is 0 Å². The van der Waals surface area contributed by atoms with Crippen LogP contribution in [0, 0.1) is 12.8 Å². The number of carbonyl (C=O) groups is 1. The summed E-state index contributed by atoms with van der Waals surface area (Å²) in [7, 11) is 0. The molecular formula is C20H31N3O2. The van der Waals surface area contributed by atoms with Crippen molar-refractivity contribution in [3.8, 4) is 0 Å². The summed E-state index contributed by atoms with van der Waals surface area (Å²) >= 11 is 0. The Bertz CT molecular complexity index is 578. The van der Waals surface area contributed by atoms with E-state index in [1.807, 2.05) is 6.92 Å². The Hall–Kier alpha value is -2.04. The minimum absolute atomic E-state index is 0.0337. The fourth-order valence-corrected chi connectivity index (χ4v) is 3.17. The van der Waals surface area contributed by atoms with Crippen LogP contribution in [0.5, 0.6) is 0 Å². The quantitative estimate of drug-likeness (QED) is 0.489. The summed E-state index contributed by atoms with van der Waals surface area (Å²) in [5, 5.41) is 3.38. The number of ether oxygens (including phenoxy) is 1. The lowest BCUT2D eigenvalue weighted by atomic mass is 9.97. The van der Waals surface area contributed by atoms with Crippen LogP contribution in [0.1, 0.15) is 37.8 Å². The van der Waals surface area contributed by atoms with E-state index in [9.17, 15) is 4.79 Å². The summed E-state index contributed by atoms with van der Waals surface area (Å²) in [4.78, 5) is 18.9. The second-order valence-corrected chi connectivity index (χ2v) is 6.49. The normalized spacial score (nSPS) is 16.0. The van der Waals surface area contributed by atoms with Gasteiger partial charge in [0.2, 0.25) is 0 Å². The summed E-state index contributed by atoms with van der Waals surface area (Å²) in [6, 6.07) is 8.58. The largest absolute Gasteiger partial charge is 0.466 e. The zero-order chi connectivity index (χ0) is 18.1. The third-order valence-electron chi connectivity index (χ3n) is 4.49. The fourth-order valence-electron chi connectivity index (χ4n) is 3.17. The van der Waals surface area contributed by atoms with Gasteiger partial charge in [0, 0.05) is 26.2 Å². The Morgan fingerprint density at radius 3 is 2.72 bits per heavy atom. The molecule has 1 heterocycles. The molecule has 1 fully saturated rings. The standard InChI is InChI=1S/C20H31N3O2/c1-4-21-20(22-12-9-17-8-6-7-16(3)15-17)23-13-10-18(11-14-23)19(24)25-5-2/h6-8,15,18H,4-5,9-14H2,1-3H3,(H,21,22). The van der Waals surface area contributed by atoms with Gasteiger partial charge in [-0.25, -0.2) is 0 Å². The van der Waals surface area contributed by atoms with Crippen LogP contribution < -0.4 is 5.32 Å². The number of aryl methyl sites for hydroxylation is 1. The molecular weight excluding hydrogens is 314 g/mol. The molecule has 1 saturated heterocycles. The minimum Gasteiger partial charge on any atom is -0.466 e. The van der Waals surface area contributed by atoms with Gasteiger partial charge in [0.15, 0.2) is 5.96 Å². The van der Waals surface area contributed by atoms with Crippen molar-refractivity contribution in [3.63, 3.8) is 0 Å². The van der Waals surface area contributed by atoms with E-state index in [0.29, 0.717) is 6.61 Å². The molecule has 0 bridgehead atoms. The summed E-state index contributed by atoms with van der Waals surface area (Å²) < 4.78 is 5.14. The smallest absolute Gasteiger partial charge is 0.309 e. The van der Waals surface area contributed by atoms with E-state index in [2.05, 4.69) is 48.3 Å². The van der Waals surface area contributed by atoms with Crippen molar-refractivity contribution >= 4 is 11.9 Å². The number of likely N-dealkylation sites (tertiary alicyclic amines) is 1. The number of hydrogen-bond donors (Lipinski definition) is 1. The number of esters is 1. The average molecular weight is 345 g/mol. The highest BCUT2D eigenvalue weighted by molar-refractivity contribution is 5.80. The first-order valence-electron chi connectivity index (χ1n) is 9.39. The molecule has 138 valence electrons. The number of hydrogen-bond acceptors (Lipinski definition) is 3. The van der Waals surface area contributed by atoms with Gasteiger partial charge in [0.25, 0.3) is 0 Å². The van der Waals surface area contributed by atoms with Gasteiger partial charge in [0.05, 0.1) is 12.5 Å². The van der Waals surface area contributed by atoms with Gasteiger partial charge in [0.1, 0.15) is 0 Å². The molecule has 0 aromatic heterocycles. The molecule has 1 N–H and O–H groups in total. The summed E-state index contributed by atoms with van der Waals surface area (Å²) in [5.74, 6) is 0.937. The second-order valence-electron chi connectivity index (χ2n) is 6.49. The Morgan fingerprint density at radius 1 is 1.32 bits per heavy atom. The summed E-state index contributed by atoms with van der Waals surface area (Å²) in [6.45, 7) is 9.83. The molecule has 1 aliphatic heterocycles. The third-order valence-corrected chi connectivity index (χ3v) is 4.49. The van der Waals surface area contributed by atoms with Crippen LogP contribution >= 0.6 is 0 Å². The van der Waals surface area contributed by atoms with Crippen molar-refractivity contribution < 1.29 is 9.53 Å². The molecule has 2 rings (SSSR count). The lowest BCUT2D eigenvalue weighted by Gasteiger charge is -2.33. The van der Waals surface area contributed by atoms with Crippen molar-refractivity contribution in [2.75, 3.05) is 32.8 Å². The van der Waals surface area contributed by atoms with Crippen LogP contribution in [0.25, 0.3) is 0 Å². The van der Waals surface area contributed by atoms with Crippen LogP contribution in [0.2, 0.25) is 0 Å². The molecule has 0 radical (unpaired) electrons. The SMILES string of the molecule is CCNC(=NCCc1cccc(C)c1)N1CCC(C(=O)OCC)CC1. The van der Waals surface area contributed by atoms with E-state index in [1.165, 1.54) is 11.1 Å². The van der Waals surface area contributed by atoms with Crippen LogP contribution in [0.15, 0.2) is 29.3 Å². The Morgan fingerprint density at radius 2 is 2.08 bits per heavy atom. The number of guanidine groups is 1. The number of carbonyl (C=O) groups excluding carboxylic acids is 1. The molecule has 5 nitrogen and oxygen atoms in total. The Balaban J connectivity index is 1.88. The van der Waals surface area contributed by atoms with Gasteiger partial charge in [-0.3, -0.25) is 9.79 Å². The van der Waals surface area contributed by atoms with Crippen LogP contribution in [-0.2, 0) is 16.0 Å². The minimum atomic E-state index is -0.0523. The number of rotatable bonds is 6. The third kappa shape index (κ3) is 6.07. The molecule has 1 aromatic carbocycles. The molecule has 1 aliphatic rings. The molecule has 0 spiro atoms. The molecule has 0 unspecified atom stereocenters. The number of nitrogens with one attached hydrogen (secondary N) is 1. The van der Waals surface area contributed by atoms with Crippen molar-refractivity contribution in [3.05, 3.63) is 35.4 Å². The predicted octanol–water partition coefficient (Wildman–Crippen LogP) is 2.78. The Kier molecular flexibility index (Phi) is 7.76. The van der Waals surface area contributed by atoms with E-state index in [4.69, 9.17) is 9.73 Å². The maximum Gasteiger partial charge on any atom is 0.309 e. The van der Waals surface area contributed by atoms with E-state index in [1.54, 1.807) is 0 Å². The van der Waals surface area contributed by atoms with E-state index >= 15 is 0 Å². The van der Waals surface area contributed by atoms with Crippen molar-refractivity contribution in [1.29, 1.82) is 0 Å². The second kappa shape index (κ2) is 10.1. The fraction of sp³-hybridized carbons (Fsp3) is 0.600. The molecule has 0 saturated carbocycles. The first-order valence-corrected chi connectivity index (χ1v) is 9.39. The molecule has 0 aliphatic carbocycles. The molecule has 1 aromatic rings. The lowest BCUT2D eigenvalue weighted by molar-refractivity contribution is -0.149. The maximum absolute atomic E-state index is 11.9. The van der Waals surface area contributed by atoms with Crippen molar-refractivity contribution in [1.82, 2.24) is 10.2 Å². The summed E-state index contributed by atoms with van der Waals surface area (Å²) in [6.07, 6.45) is 2.61. The summed E-state index contributed by atoms with van der Waals surface area (Å²) in [5.41, 5.74) is 2.61. The van der Waals surface area contributed by atoms with Gasteiger partial charge in [-0.2, -0.15) is 0 Å². The average Bonchev–Trinajstić information content (AvgIpc) is 2.61. The molecule has 0 amide bonds. The van der Waals surface area contributed by atoms with E-state index in [-0.39, 0.29) is 11.9 Å². The lowest BCUT2D eigenvalue weighted by Crippen LogP contribution is -2.46. The highest BCUT2D eigenvalue weighted by atomic mass is 16.5. The van der Waals surface area contributed by atoms with Gasteiger partial charge in [-0.05, 0) is 45.6 Å². The van der Waals surface area contributed by atoms with Gasteiger partial charge >= 0.3 is 5.97 Å². The monoisotopic (exact) mass is 345 g/mol. The van der Waals surface area contributed by atoms with Gasteiger partial charge in [-0.15, -0.1) is 0 Å². The van der Waals surface area contributed by atoms with Crippen LogP contribution in [-0.4, -0.2) is 49.6 Å². The highest BCUT2D eigenvalue weighted by Gasteiger charge is 2.27. The highest BCUT2D eigenvalue weighted by Crippen LogP contribution is 2.18. The van der Waals surface area contributed by atoms with Crippen LogP contribution in [0.4, 0.5) is 0 Å². The molecule has 25 heavy (non-hydrogen) atoms. The molecule has 0 atom stereocenters. The zero-order valence-electron chi connectivity index (χ0n) is 15.8.